The standard InChI is InChI=1S/C69H124N12O13S/c1-25-27-29-46(15)57(82)56-61(86)72-49(26-2)63(88)80(24)69(95-35-28-30-81-31-33-94-34-32-81)68(93)75(19)51(37-41(5)6)60(85)73-54(44(11)12)66(91)74(18)50(36-40(3)4)59(84)70-47(16)58(83)71-48(17)62(87)76(20)52(38-42(7)8)64(89)77(21)53(39-43(9)10)65(90)78(22)55(45(13)14)67(92)79(56)23/h25,27,40-57,69,82H,26,28-39H2,1-24H3,(H,70,84)(H,71,83)(H,72,86)(H,73,85)/b27-25+/t46-,47+,48-,49+,50+,51+,52+,53+,54+,55+,56+,57-,69+/m1/s1. The molecule has 2 aliphatic heterocycles. The number of amides is 11. The highest BCUT2D eigenvalue weighted by Gasteiger charge is 2.46. The lowest BCUT2D eigenvalue weighted by molar-refractivity contribution is -0.157. The number of carbonyl (C=O) groups is 11. The Morgan fingerprint density at radius 1 is 0.495 bits per heavy atom. The van der Waals surface area contributed by atoms with Crippen LogP contribution in [-0.2, 0) is 57.5 Å². The molecule has 544 valence electrons. The van der Waals surface area contributed by atoms with Gasteiger partial charge in [0.2, 0.25) is 59.1 Å². The van der Waals surface area contributed by atoms with Crippen LogP contribution in [0.5, 0.6) is 0 Å². The monoisotopic (exact) mass is 1360 g/mol. The van der Waals surface area contributed by atoms with E-state index in [2.05, 4.69) is 26.2 Å². The van der Waals surface area contributed by atoms with Crippen molar-refractivity contribution < 1.29 is 62.6 Å². The van der Waals surface area contributed by atoms with Crippen LogP contribution in [-0.4, -0.2) is 269 Å². The largest absolute Gasteiger partial charge is 0.390 e. The van der Waals surface area contributed by atoms with Gasteiger partial charge in [-0.2, -0.15) is 0 Å². The van der Waals surface area contributed by atoms with Crippen molar-refractivity contribution in [2.45, 2.75) is 235 Å². The van der Waals surface area contributed by atoms with Gasteiger partial charge in [0.25, 0.3) is 5.91 Å². The van der Waals surface area contributed by atoms with Gasteiger partial charge < -0.3 is 65.4 Å². The van der Waals surface area contributed by atoms with Crippen molar-refractivity contribution in [1.29, 1.82) is 0 Å². The number of hydrogen-bond donors (Lipinski definition) is 5. The van der Waals surface area contributed by atoms with Crippen molar-refractivity contribution in [3.63, 3.8) is 0 Å². The quantitative estimate of drug-likeness (QED) is 0.0849. The number of allylic oxidation sites excluding steroid dienone is 2. The van der Waals surface area contributed by atoms with Crippen molar-refractivity contribution in [2.24, 2.45) is 41.4 Å². The smallest absolute Gasteiger partial charge is 0.256 e. The fourth-order valence-electron chi connectivity index (χ4n) is 12.2. The van der Waals surface area contributed by atoms with Crippen molar-refractivity contribution in [1.82, 2.24) is 60.5 Å². The fraction of sp³-hybridized carbons (Fsp3) is 0.812. The Balaban J connectivity index is 3.09. The molecule has 0 aromatic carbocycles. The third-order valence-corrected chi connectivity index (χ3v) is 19.5. The number of likely N-dealkylation sites (N-methyl/N-ethyl adjacent to an activating group) is 7. The number of aliphatic hydroxyl groups excluding tert-OH is 1. The molecule has 2 aliphatic rings. The molecule has 0 aromatic heterocycles. The molecule has 2 rings (SSSR count). The molecule has 95 heavy (non-hydrogen) atoms. The van der Waals surface area contributed by atoms with Crippen LogP contribution in [0.2, 0.25) is 0 Å². The molecule has 0 spiro atoms. The molecule has 2 saturated heterocycles. The number of hydrogen-bond acceptors (Lipinski definition) is 15. The Hall–Kier alpha value is -5.86. The molecule has 0 aliphatic carbocycles. The Kier molecular flexibility index (Phi) is 36.0. The number of thioether (sulfide) groups is 1. The summed E-state index contributed by atoms with van der Waals surface area (Å²) in [5, 5.41) is 22.3. The van der Waals surface area contributed by atoms with E-state index in [0.717, 1.165) is 18.0 Å². The Bertz CT molecular complexity index is 2580. The molecule has 11 amide bonds. The van der Waals surface area contributed by atoms with Crippen LogP contribution in [0, 0.1) is 41.4 Å². The number of aliphatic hydroxyl groups is 1. The maximum atomic E-state index is 15.4. The summed E-state index contributed by atoms with van der Waals surface area (Å²) in [7, 11) is 10.1. The van der Waals surface area contributed by atoms with E-state index in [4.69, 9.17) is 4.74 Å². The molecular weight excluding hydrogens is 1240 g/mol. The number of nitrogens with one attached hydrogen (secondary N) is 4. The zero-order chi connectivity index (χ0) is 72.8. The van der Waals surface area contributed by atoms with Gasteiger partial charge in [0, 0.05) is 62.4 Å². The summed E-state index contributed by atoms with van der Waals surface area (Å²) in [6, 6.07) is -12.6. The van der Waals surface area contributed by atoms with Crippen LogP contribution >= 0.6 is 11.8 Å². The highest BCUT2D eigenvalue weighted by atomic mass is 32.2. The molecule has 2 fully saturated rings. The molecule has 13 atom stereocenters. The SMILES string of the molecule is C/C=C/C[C@@H](C)[C@@H](O)[C@H]1C(=O)N[C@@H](CC)C(=O)N(C)[C@@H](SCCCN2CCOCC2)C(=O)N(C)[C@@H](CC(C)C)C(=O)N[C@@H](C(C)C)C(=O)N(C)[C@@H](CC(C)C)C(=O)N[C@@H](C)C(=O)N[C@H](C)C(=O)N(C)[C@@H](CC(C)C)C(=O)N(C)[C@@H](CC(C)C)C(=O)N(C)[C@@H](C(C)C)C(=O)N1C. The van der Waals surface area contributed by atoms with E-state index < -0.39 is 155 Å². The first-order valence-corrected chi connectivity index (χ1v) is 35.5. The fourth-order valence-corrected chi connectivity index (χ4v) is 13.4. The van der Waals surface area contributed by atoms with Gasteiger partial charge in [0.05, 0.1) is 19.3 Å². The lowest BCUT2D eigenvalue weighted by atomic mass is 9.91. The molecule has 0 radical (unpaired) electrons. The van der Waals surface area contributed by atoms with Crippen molar-refractivity contribution >= 4 is 76.7 Å². The van der Waals surface area contributed by atoms with Crippen LogP contribution in [0.4, 0.5) is 0 Å². The topological polar surface area (TPSA) is 291 Å². The van der Waals surface area contributed by atoms with E-state index in [1.165, 1.54) is 104 Å². The highest BCUT2D eigenvalue weighted by Crippen LogP contribution is 2.28. The first-order valence-electron chi connectivity index (χ1n) is 34.5. The average Bonchev–Trinajstić information content (AvgIpc) is 0.814. The van der Waals surface area contributed by atoms with Gasteiger partial charge in [-0.1, -0.05) is 109 Å². The summed E-state index contributed by atoms with van der Waals surface area (Å²) >= 11 is 1.20. The van der Waals surface area contributed by atoms with E-state index in [-0.39, 0.29) is 55.8 Å². The van der Waals surface area contributed by atoms with E-state index in [1.54, 1.807) is 47.6 Å². The molecule has 5 N–H and O–H groups in total. The summed E-state index contributed by atoms with van der Waals surface area (Å²) in [5.41, 5.74) is 0. The summed E-state index contributed by atoms with van der Waals surface area (Å²) in [5.74, 6) is -9.40. The number of carbonyl (C=O) groups excluding carboxylic acids is 11. The second kappa shape index (κ2) is 40.1. The molecular formula is C69H124N12O13S. The minimum absolute atomic E-state index is 0.00344. The molecule has 0 aromatic rings. The Morgan fingerprint density at radius 3 is 1.41 bits per heavy atom. The molecule has 26 heteroatoms. The van der Waals surface area contributed by atoms with E-state index in [0.29, 0.717) is 38.4 Å². The summed E-state index contributed by atoms with van der Waals surface area (Å²) < 4.78 is 5.56. The average molecular weight is 1360 g/mol. The summed E-state index contributed by atoms with van der Waals surface area (Å²) in [6.07, 6.45) is 3.59. The normalized spacial score (nSPS) is 27.3. The van der Waals surface area contributed by atoms with Crippen LogP contribution < -0.4 is 21.3 Å². The number of rotatable bonds is 20. The van der Waals surface area contributed by atoms with Crippen molar-refractivity contribution in [2.75, 3.05) is 87.9 Å². The molecule has 0 saturated carbocycles. The predicted molar refractivity (Wildman–Crippen MR) is 372 cm³/mol. The van der Waals surface area contributed by atoms with E-state index >= 15 is 28.8 Å². The number of nitrogens with zero attached hydrogens (tertiary/aromatic N) is 8. The summed E-state index contributed by atoms with van der Waals surface area (Å²) in [4.78, 5) is 175. The van der Waals surface area contributed by atoms with Gasteiger partial charge >= 0.3 is 0 Å². The van der Waals surface area contributed by atoms with Crippen LogP contribution in [0.25, 0.3) is 0 Å². The Labute approximate surface area is 573 Å². The molecule has 25 nitrogen and oxygen atoms in total. The molecule has 2 heterocycles. The van der Waals surface area contributed by atoms with Gasteiger partial charge in [-0.25, -0.2) is 0 Å². The van der Waals surface area contributed by atoms with Gasteiger partial charge in [-0.3, -0.25) is 57.6 Å². The van der Waals surface area contributed by atoms with Gasteiger partial charge in [0.1, 0.15) is 60.4 Å². The second-order valence-corrected chi connectivity index (χ2v) is 30.0. The van der Waals surface area contributed by atoms with Gasteiger partial charge in [-0.05, 0) is 119 Å². The zero-order valence-electron chi connectivity index (χ0n) is 62.1. The summed E-state index contributed by atoms with van der Waals surface area (Å²) in [6.45, 7) is 33.4. The van der Waals surface area contributed by atoms with Crippen molar-refractivity contribution in [3.05, 3.63) is 12.2 Å². The minimum atomic E-state index is -1.64. The Morgan fingerprint density at radius 2 is 0.937 bits per heavy atom. The van der Waals surface area contributed by atoms with Crippen LogP contribution in [0.15, 0.2) is 12.2 Å². The highest BCUT2D eigenvalue weighted by molar-refractivity contribution is 8.00. The minimum Gasteiger partial charge on any atom is -0.390 e. The van der Waals surface area contributed by atoms with Crippen molar-refractivity contribution in [3.8, 4) is 0 Å². The number of ether oxygens (including phenoxy) is 1. The maximum Gasteiger partial charge on any atom is 0.256 e. The lowest BCUT2D eigenvalue weighted by Crippen LogP contribution is -2.64. The molecule has 0 bridgehead atoms. The number of morpholine rings is 1. The van der Waals surface area contributed by atoms with E-state index in [1.807, 2.05) is 68.4 Å². The van der Waals surface area contributed by atoms with Crippen LogP contribution in [0.1, 0.15) is 163 Å². The predicted octanol–water partition coefficient (Wildman–Crippen LogP) is 4.05. The first-order chi connectivity index (χ1) is 44.2. The maximum absolute atomic E-state index is 15.4. The van der Waals surface area contributed by atoms with Gasteiger partial charge in [0.15, 0.2) is 5.37 Å². The van der Waals surface area contributed by atoms with Crippen LogP contribution in [0.3, 0.4) is 0 Å². The second-order valence-electron chi connectivity index (χ2n) is 28.8. The zero-order valence-corrected chi connectivity index (χ0v) is 63.0. The third-order valence-electron chi connectivity index (χ3n) is 18.2. The van der Waals surface area contributed by atoms with E-state index in [9.17, 15) is 29.1 Å². The van der Waals surface area contributed by atoms with Gasteiger partial charge in [-0.15, -0.1) is 11.8 Å². The molecule has 0 unspecified atom stereocenters. The third kappa shape index (κ3) is 24.6. The lowest BCUT2D eigenvalue weighted by Gasteiger charge is -2.41. The first kappa shape index (κ1) is 85.2.